The highest BCUT2D eigenvalue weighted by Gasteiger charge is 2.42. The van der Waals surface area contributed by atoms with Crippen molar-refractivity contribution in [1.82, 2.24) is 14.9 Å². The number of hydrogen-bond donors (Lipinski definition) is 2. The van der Waals surface area contributed by atoms with E-state index < -0.39 is 0 Å². The van der Waals surface area contributed by atoms with Gasteiger partial charge in [-0.05, 0) is 80.9 Å². The molecule has 1 amide bonds. The minimum absolute atomic E-state index is 0.0390. The van der Waals surface area contributed by atoms with Crippen LogP contribution in [-0.4, -0.2) is 34.3 Å². The highest BCUT2D eigenvalue weighted by molar-refractivity contribution is 7.80. The van der Waals surface area contributed by atoms with E-state index in [9.17, 15) is 4.79 Å². The zero-order chi connectivity index (χ0) is 26.1. The zero-order valence-corrected chi connectivity index (χ0v) is 22.9. The largest absolute Gasteiger partial charge is 0.375 e. The first-order valence-corrected chi connectivity index (χ1v) is 13.4. The van der Waals surface area contributed by atoms with Crippen LogP contribution in [0.1, 0.15) is 66.5 Å². The fraction of sp³-hybridized carbons (Fsp3) is 0.393. The molecule has 2 unspecified atom stereocenters. The van der Waals surface area contributed by atoms with Crippen LogP contribution in [0, 0.1) is 13.8 Å². The molecule has 1 aliphatic carbocycles. The van der Waals surface area contributed by atoms with Crippen molar-refractivity contribution in [2.75, 3.05) is 23.9 Å². The third kappa shape index (κ3) is 4.98. The molecule has 0 radical (unpaired) electrons. The molecular weight excluding hydrogens is 506 g/mol. The first kappa shape index (κ1) is 25.7. The lowest BCUT2D eigenvalue weighted by Crippen LogP contribution is -2.29. The summed E-state index contributed by atoms with van der Waals surface area (Å²) in [5.74, 6) is -0.261. The van der Waals surface area contributed by atoms with Gasteiger partial charge in [-0.3, -0.25) is 9.78 Å². The molecule has 0 bridgehead atoms. The first-order valence-electron chi connectivity index (χ1n) is 12.7. The average Bonchev–Trinajstić information content (AvgIpc) is 3.59. The van der Waals surface area contributed by atoms with E-state index in [1.807, 2.05) is 36.5 Å². The number of methoxy groups -OCH3 is 1. The summed E-state index contributed by atoms with van der Waals surface area (Å²) in [5, 5.41) is 7.37. The molecule has 2 N–H and O–H groups in total. The first-order chi connectivity index (χ1) is 17.9. The van der Waals surface area contributed by atoms with Crippen molar-refractivity contribution in [2.45, 2.75) is 57.7 Å². The van der Waals surface area contributed by atoms with Gasteiger partial charge in [0.05, 0.1) is 28.5 Å². The maximum absolute atomic E-state index is 12.0. The van der Waals surface area contributed by atoms with Crippen molar-refractivity contribution < 1.29 is 9.53 Å². The molecule has 2 aromatic heterocycles. The Hall–Kier alpha value is -2.94. The summed E-state index contributed by atoms with van der Waals surface area (Å²) in [6.07, 6.45) is 6.81. The summed E-state index contributed by atoms with van der Waals surface area (Å²) in [6.45, 7) is 4.38. The van der Waals surface area contributed by atoms with E-state index in [0.717, 1.165) is 11.4 Å². The number of amides is 1. The molecule has 2 aliphatic rings. The van der Waals surface area contributed by atoms with Gasteiger partial charge in [-0.15, -0.1) is 0 Å². The summed E-state index contributed by atoms with van der Waals surface area (Å²) in [7, 11) is 1.48. The molecule has 1 aliphatic heterocycles. The minimum Gasteiger partial charge on any atom is -0.375 e. The van der Waals surface area contributed by atoms with Crippen LogP contribution in [-0.2, 0) is 9.53 Å². The lowest BCUT2D eigenvalue weighted by molar-refractivity contribution is -0.119. The second-order valence-corrected chi connectivity index (χ2v) is 10.6. The molecule has 3 heterocycles. The number of thiocarbonyl (C=S) groups is 1. The van der Waals surface area contributed by atoms with Crippen LogP contribution < -0.4 is 15.5 Å². The molecule has 3 aromatic rings. The molecule has 1 aromatic carbocycles. The molecule has 5 rings (SSSR count). The quantitative estimate of drug-likeness (QED) is 0.358. The number of nitrogens with one attached hydrogen (secondary N) is 2. The van der Waals surface area contributed by atoms with Gasteiger partial charge in [-0.1, -0.05) is 30.5 Å². The Bertz CT molecular complexity index is 1310. The Balaban J connectivity index is 1.57. The monoisotopic (exact) mass is 537 g/mol. The Morgan fingerprint density at radius 2 is 2.00 bits per heavy atom. The lowest BCUT2D eigenvalue weighted by Gasteiger charge is -2.29. The van der Waals surface area contributed by atoms with Crippen molar-refractivity contribution in [3.63, 3.8) is 0 Å². The molecule has 194 valence electrons. The van der Waals surface area contributed by atoms with E-state index in [4.69, 9.17) is 28.6 Å². The number of pyridine rings is 1. The molecule has 1 saturated heterocycles. The molecule has 7 nitrogen and oxygen atoms in total. The number of nitrogens with zero attached hydrogens (tertiary/aromatic N) is 3. The molecular formula is C28H32ClN5O2S. The smallest absolute Gasteiger partial charge is 0.250 e. The van der Waals surface area contributed by atoms with Gasteiger partial charge in [0.2, 0.25) is 5.91 Å². The van der Waals surface area contributed by atoms with E-state index in [0.29, 0.717) is 21.9 Å². The third-order valence-corrected chi connectivity index (χ3v) is 8.04. The highest BCUT2D eigenvalue weighted by atomic mass is 35.5. The minimum atomic E-state index is -0.261. The Kier molecular flexibility index (Phi) is 7.51. The average molecular weight is 538 g/mol. The molecule has 9 heteroatoms. The van der Waals surface area contributed by atoms with Crippen LogP contribution in [0.15, 0.2) is 48.7 Å². The van der Waals surface area contributed by atoms with Crippen LogP contribution in [0.3, 0.4) is 0 Å². The SMILES string of the molecule is COCC(=O)Nc1ccc(N2C(=S)NC(c3ccccn3)C2c2cc(C)n(C3CCCC3)c2C)cc1Cl. The van der Waals surface area contributed by atoms with Gasteiger partial charge in [0.1, 0.15) is 6.61 Å². The van der Waals surface area contributed by atoms with E-state index in [-0.39, 0.29) is 24.6 Å². The van der Waals surface area contributed by atoms with Gasteiger partial charge < -0.3 is 24.8 Å². The van der Waals surface area contributed by atoms with Gasteiger partial charge >= 0.3 is 0 Å². The fourth-order valence-electron chi connectivity index (χ4n) is 5.85. The van der Waals surface area contributed by atoms with Crippen LogP contribution in [0.25, 0.3) is 0 Å². The lowest BCUT2D eigenvalue weighted by atomic mass is 9.96. The van der Waals surface area contributed by atoms with Gasteiger partial charge in [-0.25, -0.2) is 0 Å². The van der Waals surface area contributed by atoms with Crippen LogP contribution in [0.2, 0.25) is 5.02 Å². The maximum atomic E-state index is 12.0. The number of rotatable bonds is 7. The fourth-order valence-corrected chi connectivity index (χ4v) is 6.42. The summed E-state index contributed by atoms with van der Waals surface area (Å²) < 4.78 is 7.43. The third-order valence-electron chi connectivity index (χ3n) is 7.41. The van der Waals surface area contributed by atoms with Gasteiger partial charge in [0.25, 0.3) is 0 Å². The van der Waals surface area contributed by atoms with Gasteiger partial charge in [-0.2, -0.15) is 0 Å². The van der Waals surface area contributed by atoms with Crippen LogP contribution >= 0.6 is 23.8 Å². The molecule has 1 saturated carbocycles. The van der Waals surface area contributed by atoms with E-state index >= 15 is 0 Å². The van der Waals surface area contributed by atoms with E-state index in [1.54, 1.807) is 6.07 Å². The molecule has 2 atom stereocenters. The van der Waals surface area contributed by atoms with E-state index in [1.165, 1.54) is 49.7 Å². The van der Waals surface area contributed by atoms with Crippen molar-refractivity contribution in [3.05, 3.63) is 76.3 Å². The number of aromatic nitrogens is 2. The maximum Gasteiger partial charge on any atom is 0.250 e. The van der Waals surface area contributed by atoms with Crippen molar-refractivity contribution in [1.29, 1.82) is 0 Å². The second kappa shape index (κ2) is 10.8. The number of carbonyl (C=O) groups is 1. The second-order valence-electron chi connectivity index (χ2n) is 9.78. The zero-order valence-electron chi connectivity index (χ0n) is 21.3. The number of anilines is 2. The number of ether oxygens (including phenoxy) is 1. The Labute approximate surface area is 228 Å². The summed E-state index contributed by atoms with van der Waals surface area (Å²) in [4.78, 5) is 18.8. The predicted octanol–water partition coefficient (Wildman–Crippen LogP) is 6.03. The van der Waals surface area contributed by atoms with Crippen molar-refractivity contribution in [2.24, 2.45) is 0 Å². The predicted molar refractivity (Wildman–Crippen MR) is 151 cm³/mol. The molecule has 2 fully saturated rings. The Morgan fingerprint density at radius 1 is 1.22 bits per heavy atom. The van der Waals surface area contributed by atoms with E-state index in [2.05, 4.69) is 45.0 Å². The van der Waals surface area contributed by atoms with Gasteiger partial charge in [0.15, 0.2) is 5.11 Å². The topological polar surface area (TPSA) is 71.4 Å². The number of aryl methyl sites for hydroxylation is 1. The standard InChI is InChI=1S/C28H32ClN5O2S/c1-17-14-21(18(2)33(17)19-8-4-5-9-19)27-26(24-10-6-7-13-30-24)32-28(37)34(27)20-11-12-23(22(29)15-20)31-25(35)16-36-3/h6-7,10-15,19,26-27H,4-5,8-9,16H2,1-3H3,(H,31,35)(H,32,37). The van der Waals surface area contributed by atoms with Crippen molar-refractivity contribution in [3.8, 4) is 0 Å². The summed E-state index contributed by atoms with van der Waals surface area (Å²) >= 11 is 12.5. The normalized spacial score (nSPS) is 19.9. The molecule has 0 spiro atoms. The summed E-state index contributed by atoms with van der Waals surface area (Å²) in [5.41, 5.74) is 6.07. The molecule has 37 heavy (non-hydrogen) atoms. The number of carbonyl (C=O) groups excluding carboxylic acids is 1. The summed E-state index contributed by atoms with van der Waals surface area (Å²) in [6, 6.07) is 14.1. The number of benzene rings is 1. The van der Waals surface area contributed by atoms with Crippen molar-refractivity contribution >= 4 is 46.2 Å². The van der Waals surface area contributed by atoms with Gasteiger partial charge in [0, 0.05) is 36.4 Å². The number of hydrogen-bond acceptors (Lipinski definition) is 4. The number of halogens is 1. The van der Waals surface area contributed by atoms with Crippen LogP contribution in [0.4, 0.5) is 11.4 Å². The highest BCUT2D eigenvalue weighted by Crippen LogP contribution is 2.45. The van der Waals surface area contributed by atoms with Crippen LogP contribution in [0.5, 0.6) is 0 Å². The Morgan fingerprint density at radius 3 is 2.68 bits per heavy atom.